The van der Waals surface area contributed by atoms with Crippen molar-refractivity contribution in [2.45, 2.75) is 71.6 Å². The van der Waals surface area contributed by atoms with Gasteiger partial charge in [-0.25, -0.2) is 4.98 Å². The largest absolute Gasteiger partial charge is 0.477 e. The molecular weight excluding hydrogens is 322 g/mol. The van der Waals surface area contributed by atoms with Gasteiger partial charge in [-0.2, -0.15) is 4.98 Å². The minimum Gasteiger partial charge on any atom is -0.477 e. The standard InChI is InChI=1S/C22H31N3O/c1-15-10-11-21(24-12-15)17(3)16(2)14-26-22-20(13-23-18(4)25-22)19-8-6-5-7-9-19/h10-13,16-17,19H,5-9,14H2,1-4H3/t16-,17+/m1/s1. The van der Waals surface area contributed by atoms with Crippen molar-refractivity contribution in [1.82, 2.24) is 15.0 Å². The molecule has 1 saturated carbocycles. The number of pyridine rings is 1. The van der Waals surface area contributed by atoms with Crippen molar-refractivity contribution >= 4 is 0 Å². The number of hydrogen-bond donors (Lipinski definition) is 0. The lowest BCUT2D eigenvalue weighted by molar-refractivity contribution is 0.227. The maximum absolute atomic E-state index is 6.22. The number of nitrogens with zero attached hydrogens (tertiary/aromatic N) is 3. The lowest BCUT2D eigenvalue weighted by Gasteiger charge is -2.25. The van der Waals surface area contributed by atoms with Gasteiger partial charge >= 0.3 is 0 Å². The molecule has 0 bridgehead atoms. The normalized spacial score (nSPS) is 17.7. The Morgan fingerprint density at radius 1 is 1.04 bits per heavy atom. The summed E-state index contributed by atoms with van der Waals surface area (Å²) in [4.78, 5) is 13.6. The lowest BCUT2D eigenvalue weighted by atomic mass is 9.85. The van der Waals surface area contributed by atoms with Crippen molar-refractivity contribution in [3.63, 3.8) is 0 Å². The second-order valence-electron chi connectivity index (χ2n) is 7.85. The van der Waals surface area contributed by atoms with E-state index in [1.807, 2.05) is 19.3 Å². The summed E-state index contributed by atoms with van der Waals surface area (Å²) in [6, 6.07) is 4.25. The van der Waals surface area contributed by atoms with Gasteiger partial charge in [-0.05, 0) is 50.2 Å². The van der Waals surface area contributed by atoms with Crippen molar-refractivity contribution in [3.05, 3.63) is 47.2 Å². The van der Waals surface area contributed by atoms with Crippen molar-refractivity contribution in [3.8, 4) is 5.88 Å². The number of aromatic nitrogens is 3. The predicted molar refractivity (Wildman–Crippen MR) is 105 cm³/mol. The van der Waals surface area contributed by atoms with Crippen LogP contribution in [-0.2, 0) is 0 Å². The number of aryl methyl sites for hydroxylation is 2. The lowest BCUT2D eigenvalue weighted by Crippen LogP contribution is -2.18. The van der Waals surface area contributed by atoms with Crippen molar-refractivity contribution in [2.24, 2.45) is 5.92 Å². The molecule has 4 nitrogen and oxygen atoms in total. The third-order valence-corrected chi connectivity index (χ3v) is 5.68. The molecule has 4 heteroatoms. The molecule has 2 aromatic rings. The molecule has 26 heavy (non-hydrogen) atoms. The summed E-state index contributed by atoms with van der Waals surface area (Å²) < 4.78 is 6.22. The van der Waals surface area contributed by atoms with E-state index in [1.54, 1.807) is 0 Å². The van der Waals surface area contributed by atoms with Crippen LogP contribution < -0.4 is 4.74 Å². The SMILES string of the molecule is Cc1ccc([C@@H](C)[C@H](C)COc2nc(C)ncc2C2CCCCC2)nc1. The van der Waals surface area contributed by atoms with Crippen molar-refractivity contribution in [2.75, 3.05) is 6.61 Å². The Morgan fingerprint density at radius 2 is 1.81 bits per heavy atom. The van der Waals surface area contributed by atoms with E-state index < -0.39 is 0 Å². The van der Waals surface area contributed by atoms with E-state index in [9.17, 15) is 0 Å². The summed E-state index contributed by atoms with van der Waals surface area (Å²) in [6.07, 6.45) is 10.3. The van der Waals surface area contributed by atoms with Gasteiger partial charge in [-0.3, -0.25) is 4.98 Å². The molecule has 0 N–H and O–H groups in total. The average molecular weight is 354 g/mol. The Labute approximate surface area is 157 Å². The first-order valence-corrected chi connectivity index (χ1v) is 9.93. The number of ether oxygens (including phenoxy) is 1. The Bertz CT molecular complexity index is 708. The highest BCUT2D eigenvalue weighted by atomic mass is 16.5. The zero-order valence-electron chi connectivity index (χ0n) is 16.5. The molecule has 3 rings (SSSR count). The van der Waals surface area contributed by atoms with E-state index >= 15 is 0 Å². The molecule has 1 aliphatic rings. The van der Waals surface area contributed by atoms with Gasteiger partial charge in [-0.1, -0.05) is 39.2 Å². The molecule has 0 aliphatic heterocycles. The monoisotopic (exact) mass is 353 g/mol. The Hall–Kier alpha value is -1.97. The maximum Gasteiger partial charge on any atom is 0.220 e. The molecule has 2 aromatic heterocycles. The zero-order chi connectivity index (χ0) is 18.5. The highest BCUT2D eigenvalue weighted by Crippen LogP contribution is 2.36. The second-order valence-corrected chi connectivity index (χ2v) is 7.85. The van der Waals surface area contributed by atoms with Crippen LogP contribution in [0.1, 0.15) is 80.4 Å². The van der Waals surface area contributed by atoms with Crippen LogP contribution in [-0.4, -0.2) is 21.6 Å². The van der Waals surface area contributed by atoms with Gasteiger partial charge in [0.1, 0.15) is 5.82 Å². The fraction of sp³-hybridized carbons (Fsp3) is 0.591. The first-order chi connectivity index (χ1) is 12.5. The minimum atomic E-state index is 0.344. The number of rotatable bonds is 6. The van der Waals surface area contributed by atoms with Gasteiger partial charge in [0.2, 0.25) is 5.88 Å². The smallest absolute Gasteiger partial charge is 0.220 e. The second kappa shape index (κ2) is 8.61. The molecule has 2 atom stereocenters. The van der Waals surface area contributed by atoms with Crippen LogP contribution in [0.4, 0.5) is 0 Å². The maximum atomic E-state index is 6.22. The molecule has 2 heterocycles. The summed E-state index contributed by atoms with van der Waals surface area (Å²) in [6.45, 7) is 9.09. The summed E-state index contributed by atoms with van der Waals surface area (Å²) in [7, 11) is 0. The van der Waals surface area contributed by atoms with Gasteiger partial charge in [0, 0.05) is 29.6 Å². The fourth-order valence-corrected chi connectivity index (χ4v) is 3.66. The van der Waals surface area contributed by atoms with E-state index in [0.29, 0.717) is 24.4 Å². The first-order valence-electron chi connectivity index (χ1n) is 9.93. The van der Waals surface area contributed by atoms with Gasteiger partial charge in [0.15, 0.2) is 0 Å². The molecule has 0 aromatic carbocycles. The molecular formula is C22H31N3O. The molecule has 0 radical (unpaired) electrons. The summed E-state index contributed by atoms with van der Waals surface area (Å²) in [5.74, 6) is 2.82. The number of hydrogen-bond acceptors (Lipinski definition) is 4. The van der Waals surface area contributed by atoms with Crippen LogP contribution in [0.25, 0.3) is 0 Å². The van der Waals surface area contributed by atoms with Crippen LogP contribution in [0.2, 0.25) is 0 Å². The van der Waals surface area contributed by atoms with Gasteiger partial charge in [-0.15, -0.1) is 0 Å². The third-order valence-electron chi connectivity index (χ3n) is 5.68. The van der Waals surface area contributed by atoms with Crippen molar-refractivity contribution in [1.29, 1.82) is 0 Å². The van der Waals surface area contributed by atoms with Crippen LogP contribution in [0.15, 0.2) is 24.5 Å². The van der Waals surface area contributed by atoms with Crippen LogP contribution in [0, 0.1) is 19.8 Å². The molecule has 1 aliphatic carbocycles. The third kappa shape index (κ3) is 4.60. The van der Waals surface area contributed by atoms with Gasteiger partial charge in [0.25, 0.3) is 0 Å². The van der Waals surface area contributed by atoms with Crippen LogP contribution in [0.3, 0.4) is 0 Å². The minimum absolute atomic E-state index is 0.344. The van der Waals surface area contributed by atoms with E-state index in [0.717, 1.165) is 17.4 Å². The Balaban J connectivity index is 1.68. The van der Waals surface area contributed by atoms with Gasteiger partial charge < -0.3 is 4.74 Å². The van der Waals surface area contributed by atoms with Crippen LogP contribution >= 0.6 is 0 Å². The molecule has 140 valence electrons. The molecule has 0 spiro atoms. The average Bonchev–Trinajstić information content (AvgIpc) is 2.67. The highest BCUT2D eigenvalue weighted by molar-refractivity contribution is 5.28. The predicted octanol–water partition coefficient (Wildman–Crippen LogP) is 5.35. The van der Waals surface area contributed by atoms with E-state index in [-0.39, 0.29) is 0 Å². The quantitative estimate of drug-likeness (QED) is 0.702. The zero-order valence-corrected chi connectivity index (χ0v) is 16.5. The highest BCUT2D eigenvalue weighted by Gasteiger charge is 2.22. The molecule has 1 fully saturated rings. The van der Waals surface area contributed by atoms with Crippen molar-refractivity contribution < 1.29 is 4.74 Å². The first kappa shape index (κ1) is 18.8. The van der Waals surface area contributed by atoms with E-state index in [1.165, 1.54) is 43.2 Å². The Kier molecular flexibility index (Phi) is 6.23. The van der Waals surface area contributed by atoms with Gasteiger partial charge in [0.05, 0.1) is 6.61 Å². The molecule has 0 amide bonds. The van der Waals surface area contributed by atoms with E-state index in [4.69, 9.17) is 4.74 Å². The van der Waals surface area contributed by atoms with E-state index in [2.05, 4.69) is 47.9 Å². The summed E-state index contributed by atoms with van der Waals surface area (Å²) >= 11 is 0. The Morgan fingerprint density at radius 3 is 2.50 bits per heavy atom. The molecule has 0 saturated heterocycles. The summed E-state index contributed by atoms with van der Waals surface area (Å²) in [5.41, 5.74) is 3.51. The molecule has 0 unspecified atom stereocenters. The summed E-state index contributed by atoms with van der Waals surface area (Å²) in [5, 5.41) is 0. The topological polar surface area (TPSA) is 47.9 Å². The fourth-order valence-electron chi connectivity index (χ4n) is 3.66. The van der Waals surface area contributed by atoms with Crippen LogP contribution in [0.5, 0.6) is 5.88 Å².